The molecule has 19 heavy (non-hydrogen) atoms. The van der Waals surface area contributed by atoms with Gasteiger partial charge in [-0.1, -0.05) is 0 Å². The summed E-state index contributed by atoms with van der Waals surface area (Å²) in [5.41, 5.74) is 2.11. The van der Waals surface area contributed by atoms with Gasteiger partial charge in [-0.15, -0.1) is 0 Å². The van der Waals surface area contributed by atoms with Crippen LogP contribution in [0.4, 0.5) is 0 Å². The summed E-state index contributed by atoms with van der Waals surface area (Å²) in [5.74, 6) is -0.389. The maximum Gasteiger partial charge on any atom is 0.306 e. The number of H-pyrrole nitrogens is 1. The van der Waals surface area contributed by atoms with E-state index in [9.17, 15) is 9.59 Å². The molecule has 0 radical (unpaired) electrons. The van der Waals surface area contributed by atoms with E-state index < -0.39 is 0 Å². The lowest BCUT2D eigenvalue weighted by molar-refractivity contribution is -0.144. The summed E-state index contributed by atoms with van der Waals surface area (Å²) in [6.45, 7) is 4.39. The molecule has 0 amide bonds. The lowest BCUT2D eigenvalue weighted by Gasteiger charge is -2.04. The summed E-state index contributed by atoms with van der Waals surface area (Å²) in [5, 5.41) is 0. The van der Waals surface area contributed by atoms with Gasteiger partial charge in [0.25, 0.3) is 0 Å². The summed E-state index contributed by atoms with van der Waals surface area (Å²) < 4.78 is 9.77. The highest BCUT2D eigenvalue weighted by atomic mass is 16.5. The van der Waals surface area contributed by atoms with Crippen LogP contribution in [0.1, 0.15) is 37.8 Å². The van der Waals surface area contributed by atoms with Crippen molar-refractivity contribution in [3.8, 4) is 0 Å². The number of hydrogen-bond acceptors (Lipinski definition) is 4. The molecule has 0 aromatic carbocycles. The van der Waals surface area contributed by atoms with Crippen LogP contribution in [0, 0.1) is 0 Å². The topological polar surface area (TPSA) is 68.4 Å². The third-order valence-corrected chi connectivity index (χ3v) is 2.74. The van der Waals surface area contributed by atoms with Crippen molar-refractivity contribution >= 4 is 11.9 Å². The van der Waals surface area contributed by atoms with Crippen LogP contribution < -0.4 is 0 Å². The maximum absolute atomic E-state index is 11.3. The molecule has 1 aromatic heterocycles. The molecule has 0 unspecified atom stereocenters. The quantitative estimate of drug-likeness (QED) is 0.731. The van der Waals surface area contributed by atoms with Crippen molar-refractivity contribution in [2.45, 2.75) is 39.5 Å². The number of aryl methyl sites for hydroxylation is 2. The fourth-order valence-corrected chi connectivity index (χ4v) is 1.83. The summed E-state index contributed by atoms with van der Waals surface area (Å²) in [4.78, 5) is 25.6. The minimum absolute atomic E-state index is 0.194. The van der Waals surface area contributed by atoms with Gasteiger partial charge in [-0.3, -0.25) is 9.59 Å². The van der Waals surface area contributed by atoms with Gasteiger partial charge in [-0.25, -0.2) is 0 Å². The van der Waals surface area contributed by atoms with Gasteiger partial charge in [0, 0.05) is 25.2 Å². The Bertz CT molecular complexity index is 375. The van der Waals surface area contributed by atoms with Crippen molar-refractivity contribution in [2.75, 3.05) is 13.2 Å². The number of carbonyl (C=O) groups is 2. The molecular formula is C14H21NO4. The minimum Gasteiger partial charge on any atom is -0.466 e. The first-order chi connectivity index (χ1) is 9.17. The molecule has 0 fully saturated rings. The molecule has 0 atom stereocenters. The van der Waals surface area contributed by atoms with E-state index in [1.165, 1.54) is 0 Å². The fourth-order valence-electron chi connectivity index (χ4n) is 1.83. The monoisotopic (exact) mass is 267 g/mol. The van der Waals surface area contributed by atoms with E-state index in [0.29, 0.717) is 38.9 Å². The molecule has 106 valence electrons. The van der Waals surface area contributed by atoms with Crippen LogP contribution in [-0.2, 0) is 31.9 Å². The van der Waals surface area contributed by atoms with Crippen molar-refractivity contribution in [3.05, 3.63) is 23.5 Å². The van der Waals surface area contributed by atoms with Crippen molar-refractivity contribution in [1.29, 1.82) is 0 Å². The van der Waals surface area contributed by atoms with Gasteiger partial charge >= 0.3 is 11.9 Å². The predicted octanol–water partition coefficient (Wildman–Crippen LogP) is 2.01. The molecule has 0 aliphatic carbocycles. The SMILES string of the molecule is CCOC(=O)CCc1c[nH]cc1CCC(=O)OCC. The first-order valence-electron chi connectivity index (χ1n) is 6.63. The van der Waals surface area contributed by atoms with Gasteiger partial charge in [0.15, 0.2) is 0 Å². The summed E-state index contributed by atoms with van der Waals surface area (Å²) in [7, 11) is 0. The maximum atomic E-state index is 11.3. The number of ether oxygens (including phenoxy) is 2. The Hall–Kier alpha value is -1.78. The van der Waals surface area contributed by atoms with Gasteiger partial charge < -0.3 is 14.5 Å². The van der Waals surface area contributed by atoms with Crippen LogP contribution in [0.3, 0.4) is 0 Å². The normalized spacial score (nSPS) is 10.2. The number of nitrogens with one attached hydrogen (secondary N) is 1. The van der Waals surface area contributed by atoms with E-state index in [-0.39, 0.29) is 11.9 Å². The highest BCUT2D eigenvalue weighted by Gasteiger charge is 2.10. The largest absolute Gasteiger partial charge is 0.466 e. The van der Waals surface area contributed by atoms with Gasteiger partial charge in [0.05, 0.1) is 13.2 Å². The highest BCUT2D eigenvalue weighted by Crippen LogP contribution is 2.13. The summed E-state index contributed by atoms with van der Waals surface area (Å²) in [6.07, 6.45) is 5.69. The molecule has 0 spiro atoms. The van der Waals surface area contributed by atoms with E-state index >= 15 is 0 Å². The molecular weight excluding hydrogens is 246 g/mol. The second-order valence-corrected chi connectivity index (χ2v) is 4.12. The molecule has 1 rings (SSSR count). The van der Waals surface area contributed by atoms with E-state index in [1.54, 1.807) is 13.8 Å². The van der Waals surface area contributed by atoms with Gasteiger partial charge in [-0.05, 0) is 37.8 Å². The number of aromatic amines is 1. The Morgan fingerprint density at radius 2 is 1.37 bits per heavy atom. The second-order valence-electron chi connectivity index (χ2n) is 4.12. The van der Waals surface area contributed by atoms with E-state index in [0.717, 1.165) is 11.1 Å². The van der Waals surface area contributed by atoms with Crippen LogP contribution in [0.5, 0.6) is 0 Å². The Morgan fingerprint density at radius 1 is 0.947 bits per heavy atom. The second kappa shape index (κ2) is 8.34. The molecule has 1 heterocycles. The average molecular weight is 267 g/mol. The molecule has 1 aromatic rings. The molecule has 0 aliphatic rings. The fraction of sp³-hybridized carbons (Fsp3) is 0.571. The number of hydrogen-bond donors (Lipinski definition) is 1. The Morgan fingerprint density at radius 3 is 1.74 bits per heavy atom. The van der Waals surface area contributed by atoms with Crippen LogP contribution in [0.2, 0.25) is 0 Å². The summed E-state index contributed by atoms with van der Waals surface area (Å²) >= 11 is 0. The molecule has 5 heteroatoms. The van der Waals surface area contributed by atoms with E-state index in [2.05, 4.69) is 4.98 Å². The number of carbonyl (C=O) groups excluding carboxylic acids is 2. The van der Waals surface area contributed by atoms with Crippen molar-refractivity contribution in [2.24, 2.45) is 0 Å². The minimum atomic E-state index is -0.194. The van der Waals surface area contributed by atoms with Crippen molar-refractivity contribution < 1.29 is 19.1 Å². The van der Waals surface area contributed by atoms with Gasteiger partial charge in [0.1, 0.15) is 0 Å². The molecule has 0 saturated heterocycles. The van der Waals surface area contributed by atoms with Crippen molar-refractivity contribution in [1.82, 2.24) is 4.98 Å². The number of rotatable bonds is 8. The number of aromatic nitrogens is 1. The predicted molar refractivity (Wildman–Crippen MR) is 70.7 cm³/mol. The highest BCUT2D eigenvalue weighted by molar-refractivity contribution is 5.70. The lowest BCUT2D eigenvalue weighted by atomic mass is 10.0. The number of esters is 2. The standard InChI is InChI=1S/C14H21NO4/c1-3-18-13(16)7-5-11-9-15-10-12(11)6-8-14(17)19-4-2/h9-10,15H,3-8H2,1-2H3. The van der Waals surface area contributed by atoms with Crippen LogP contribution in [-0.4, -0.2) is 30.1 Å². The smallest absolute Gasteiger partial charge is 0.306 e. The lowest BCUT2D eigenvalue weighted by Crippen LogP contribution is -2.07. The zero-order valence-corrected chi connectivity index (χ0v) is 11.5. The summed E-state index contributed by atoms with van der Waals surface area (Å²) in [6, 6.07) is 0. The van der Waals surface area contributed by atoms with Gasteiger partial charge in [-0.2, -0.15) is 0 Å². The third kappa shape index (κ3) is 5.59. The first-order valence-corrected chi connectivity index (χ1v) is 6.63. The van der Waals surface area contributed by atoms with Crippen LogP contribution in [0.25, 0.3) is 0 Å². The van der Waals surface area contributed by atoms with Gasteiger partial charge in [0.2, 0.25) is 0 Å². The average Bonchev–Trinajstić information content (AvgIpc) is 2.82. The Labute approximate surface area is 113 Å². The zero-order chi connectivity index (χ0) is 14.1. The van der Waals surface area contributed by atoms with Crippen LogP contribution >= 0.6 is 0 Å². The van der Waals surface area contributed by atoms with E-state index in [4.69, 9.17) is 9.47 Å². The molecule has 1 N–H and O–H groups in total. The molecule has 0 bridgehead atoms. The third-order valence-electron chi connectivity index (χ3n) is 2.74. The molecule has 5 nitrogen and oxygen atoms in total. The van der Waals surface area contributed by atoms with Crippen LogP contribution in [0.15, 0.2) is 12.4 Å². The van der Waals surface area contributed by atoms with E-state index in [1.807, 2.05) is 12.4 Å². The molecule has 0 saturated carbocycles. The zero-order valence-electron chi connectivity index (χ0n) is 11.5. The Balaban J connectivity index is 2.42. The molecule has 0 aliphatic heterocycles. The first kappa shape index (κ1) is 15.3. The Kier molecular flexibility index (Phi) is 6.71. The van der Waals surface area contributed by atoms with Crippen molar-refractivity contribution in [3.63, 3.8) is 0 Å².